The van der Waals surface area contributed by atoms with Gasteiger partial charge in [0.25, 0.3) is 0 Å². The first-order valence-electron chi connectivity index (χ1n) is 7.52. The molecule has 2 rings (SSSR count). The van der Waals surface area contributed by atoms with Crippen LogP contribution in [0.4, 0.5) is 0 Å². The standard InChI is InChI=1S/C15H20BNO6/c1-4-13(18)17-12-7-9-6-10(21-3)8-11(15(19)22-5-2)14(9)23-16(12)20/h6,8,12,20H,4-5,7H2,1-3H3,(H,17,18)/t12-/m0/s1. The first-order chi connectivity index (χ1) is 11.0. The Morgan fingerprint density at radius 1 is 1.43 bits per heavy atom. The predicted molar refractivity (Wildman–Crippen MR) is 83.5 cm³/mol. The SMILES string of the molecule is CCOC(=O)c1cc(OC)cc2c1OB(O)[C@@H](NC(=O)CC)C2. The summed E-state index contributed by atoms with van der Waals surface area (Å²) in [6.45, 7) is 3.65. The van der Waals surface area contributed by atoms with Crippen LogP contribution in [-0.2, 0) is 16.0 Å². The number of benzene rings is 1. The molecule has 0 saturated carbocycles. The molecule has 0 spiro atoms. The van der Waals surface area contributed by atoms with Crippen molar-refractivity contribution in [2.75, 3.05) is 13.7 Å². The molecule has 1 aromatic carbocycles. The second-order valence-electron chi connectivity index (χ2n) is 5.12. The topological polar surface area (TPSA) is 94.1 Å². The van der Waals surface area contributed by atoms with E-state index in [2.05, 4.69) is 5.32 Å². The number of fused-ring (bicyclic) bond motifs is 1. The van der Waals surface area contributed by atoms with Gasteiger partial charge in [-0.15, -0.1) is 0 Å². The number of rotatable bonds is 5. The minimum Gasteiger partial charge on any atom is -0.534 e. The molecular formula is C15H20BNO6. The normalized spacial score (nSPS) is 16.2. The zero-order chi connectivity index (χ0) is 17.0. The minimum absolute atomic E-state index is 0.186. The summed E-state index contributed by atoms with van der Waals surface area (Å²) in [6.07, 6.45) is 0.633. The highest BCUT2D eigenvalue weighted by Crippen LogP contribution is 2.34. The van der Waals surface area contributed by atoms with Crippen LogP contribution in [0.3, 0.4) is 0 Å². The Kier molecular flexibility index (Phi) is 5.49. The van der Waals surface area contributed by atoms with E-state index < -0.39 is 19.0 Å². The van der Waals surface area contributed by atoms with Crippen LogP contribution in [0.25, 0.3) is 0 Å². The third-order valence-corrected chi connectivity index (χ3v) is 3.56. The summed E-state index contributed by atoms with van der Waals surface area (Å²) in [5, 5.41) is 12.8. The smallest absolute Gasteiger partial charge is 0.534 e. The van der Waals surface area contributed by atoms with Crippen LogP contribution >= 0.6 is 0 Å². The molecule has 2 N–H and O–H groups in total. The highest BCUT2D eigenvalue weighted by atomic mass is 16.5. The van der Waals surface area contributed by atoms with Crippen LogP contribution in [0.15, 0.2) is 12.1 Å². The molecule has 0 bridgehead atoms. The molecule has 0 aliphatic carbocycles. The molecule has 23 heavy (non-hydrogen) atoms. The van der Waals surface area contributed by atoms with E-state index in [1.54, 1.807) is 19.9 Å². The average molecular weight is 321 g/mol. The number of hydrogen-bond donors (Lipinski definition) is 2. The van der Waals surface area contributed by atoms with Gasteiger partial charge in [0.1, 0.15) is 17.1 Å². The van der Waals surface area contributed by atoms with E-state index in [4.69, 9.17) is 14.1 Å². The Morgan fingerprint density at radius 2 is 2.17 bits per heavy atom. The lowest BCUT2D eigenvalue weighted by Gasteiger charge is -2.29. The van der Waals surface area contributed by atoms with Gasteiger partial charge in [-0.2, -0.15) is 0 Å². The van der Waals surface area contributed by atoms with Crippen LogP contribution in [0.2, 0.25) is 0 Å². The molecule has 124 valence electrons. The maximum absolute atomic E-state index is 12.1. The second-order valence-corrected chi connectivity index (χ2v) is 5.12. The van der Waals surface area contributed by atoms with Gasteiger partial charge in [-0.25, -0.2) is 4.79 Å². The van der Waals surface area contributed by atoms with Crippen LogP contribution in [-0.4, -0.2) is 43.7 Å². The number of ether oxygens (including phenoxy) is 2. The minimum atomic E-state index is -1.24. The molecule has 1 atom stereocenters. The van der Waals surface area contributed by atoms with Crippen molar-refractivity contribution in [3.8, 4) is 11.5 Å². The Morgan fingerprint density at radius 3 is 2.78 bits per heavy atom. The van der Waals surface area contributed by atoms with Crippen LogP contribution in [0.1, 0.15) is 36.2 Å². The molecule has 0 saturated heterocycles. The first-order valence-corrected chi connectivity index (χ1v) is 7.52. The van der Waals surface area contributed by atoms with Crippen molar-refractivity contribution in [1.82, 2.24) is 5.32 Å². The van der Waals surface area contributed by atoms with Crippen LogP contribution in [0.5, 0.6) is 11.5 Å². The van der Waals surface area contributed by atoms with Crippen molar-refractivity contribution in [2.45, 2.75) is 32.6 Å². The fourth-order valence-corrected chi connectivity index (χ4v) is 2.40. The highest BCUT2D eigenvalue weighted by molar-refractivity contribution is 6.47. The molecule has 1 heterocycles. The zero-order valence-corrected chi connectivity index (χ0v) is 13.4. The van der Waals surface area contributed by atoms with E-state index in [9.17, 15) is 14.6 Å². The molecule has 1 aliphatic rings. The largest absolute Gasteiger partial charge is 0.547 e. The van der Waals surface area contributed by atoms with Gasteiger partial charge >= 0.3 is 13.1 Å². The summed E-state index contributed by atoms with van der Waals surface area (Å²) in [7, 11) is 0.255. The molecule has 1 amide bonds. The molecule has 0 fully saturated rings. The van der Waals surface area contributed by atoms with E-state index >= 15 is 0 Å². The molecular weight excluding hydrogens is 301 g/mol. The number of hydrogen-bond acceptors (Lipinski definition) is 6. The van der Waals surface area contributed by atoms with Gasteiger partial charge < -0.3 is 24.5 Å². The van der Waals surface area contributed by atoms with Gasteiger partial charge in [-0.3, -0.25) is 4.79 Å². The summed E-state index contributed by atoms with van der Waals surface area (Å²) >= 11 is 0. The number of amides is 1. The third kappa shape index (κ3) is 3.76. The predicted octanol–water partition coefficient (Wildman–Crippen LogP) is 0.721. The van der Waals surface area contributed by atoms with E-state index in [1.165, 1.54) is 13.2 Å². The second kappa shape index (κ2) is 7.37. The van der Waals surface area contributed by atoms with Gasteiger partial charge in [0.2, 0.25) is 5.91 Å². The summed E-state index contributed by atoms with van der Waals surface area (Å²) in [5.74, 6) is -0.580. The van der Waals surface area contributed by atoms with Crippen LogP contribution in [0, 0.1) is 0 Å². The van der Waals surface area contributed by atoms with Gasteiger partial charge in [0, 0.05) is 6.42 Å². The van der Waals surface area contributed by atoms with E-state index in [1.807, 2.05) is 0 Å². The molecule has 0 aromatic heterocycles. The molecule has 1 aliphatic heterocycles. The quantitative estimate of drug-likeness (QED) is 0.613. The zero-order valence-electron chi connectivity index (χ0n) is 13.4. The molecule has 8 heteroatoms. The lowest BCUT2D eigenvalue weighted by Crippen LogP contribution is -2.53. The van der Waals surface area contributed by atoms with Crippen molar-refractivity contribution in [3.05, 3.63) is 23.3 Å². The summed E-state index contributed by atoms with van der Waals surface area (Å²) < 4.78 is 15.7. The van der Waals surface area contributed by atoms with Gasteiger partial charge in [0.15, 0.2) is 0 Å². The maximum atomic E-state index is 12.1. The molecule has 0 unspecified atom stereocenters. The van der Waals surface area contributed by atoms with Crippen molar-refractivity contribution in [1.29, 1.82) is 0 Å². The average Bonchev–Trinajstić information content (AvgIpc) is 2.54. The third-order valence-electron chi connectivity index (χ3n) is 3.56. The van der Waals surface area contributed by atoms with E-state index in [-0.39, 0.29) is 23.8 Å². The Labute approximate surface area is 135 Å². The number of nitrogens with one attached hydrogen (secondary N) is 1. The number of carbonyl (C=O) groups excluding carboxylic acids is 2. The van der Waals surface area contributed by atoms with Gasteiger partial charge in [0.05, 0.1) is 19.7 Å². The maximum Gasteiger partial charge on any atom is 0.547 e. The van der Waals surface area contributed by atoms with E-state index in [0.29, 0.717) is 24.2 Å². The van der Waals surface area contributed by atoms with Crippen molar-refractivity contribution < 1.29 is 28.7 Å². The Bertz CT molecular complexity index is 606. The first kappa shape index (κ1) is 17.1. The Balaban J connectivity index is 2.36. The fourth-order valence-electron chi connectivity index (χ4n) is 2.40. The van der Waals surface area contributed by atoms with E-state index in [0.717, 1.165) is 0 Å². The summed E-state index contributed by atoms with van der Waals surface area (Å²) in [6, 6.07) is 3.23. The fraction of sp³-hybridized carbons (Fsp3) is 0.467. The highest BCUT2D eigenvalue weighted by Gasteiger charge is 2.38. The molecule has 1 aromatic rings. The number of carbonyl (C=O) groups is 2. The summed E-state index contributed by atoms with van der Waals surface area (Å²) in [4.78, 5) is 23.6. The van der Waals surface area contributed by atoms with Gasteiger partial charge in [-0.05, 0) is 31.0 Å². The van der Waals surface area contributed by atoms with Crippen LogP contribution < -0.4 is 14.7 Å². The lowest BCUT2D eigenvalue weighted by atomic mass is 9.72. The number of esters is 1. The van der Waals surface area contributed by atoms with Crippen molar-refractivity contribution in [2.24, 2.45) is 0 Å². The number of methoxy groups -OCH3 is 1. The monoisotopic (exact) mass is 321 g/mol. The molecule has 7 nitrogen and oxygen atoms in total. The van der Waals surface area contributed by atoms with Gasteiger partial charge in [-0.1, -0.05) is 6.92 Å². The van der Waals surface area contributed by atoms with Crippen molar-refractivity contribution in [3.63, 3.8) is 0 Å². The van der Waals surface area contributed by atoms with Crippen molar-refractivity contribution >= 4 is 19.0 Å². The summed E-state index contributed by atoms with van der Waals surface area (Å²) in [5.41, 5.74) is 0.861. The lowest BCUT2D eigenvalue weighted by molar-refractivity contribution is -0.121. The molecule has 0 radical (unpaired) electrons. The Hall–Kier alpha value is -2.22.